The Kier molecular flexibility index (Phi) is 5.21. The standard InChI is InChI=1S/C20H21FN2O3/c1-3-22(16-10-8-15(21)9-11-16)19(24)12-13-23-17-6-4-5-7-18(17)26-14(2)20(23)25/h4-11,14H,3,12-13H2,1-2H3. The van der Waals surface area contributed by atoms with Crippen LogP contribution in [0.4, 0.5) is 15.8 Å². The summed E-state index contributed by atoms with van der Waals surface area (Å²) in [6, 6.07) is 13.1. The molecule has 0 N–H and O–H groups in total. The van der Waals surface area contributed by atoms with Gasteiger partial charge in [-0.2, -0.15) is 0 Å². The van der Waals surface area contributed by atoms with Crippen LogP contribution in [-0.4, -0.2) is 31.0 Å². The molecule has 26 heavy (non-hydrogen) atoms. The molecule has 5 nitrogen and oxygen atoms in total. The predicted molar refractivity (Wildman–Crippen MR) is 97.9 cm³/mol. The van der Waals surface area contributed by atoms with Crippen LogP contribution in [0.1, 0.15) is 20.3 Å². The van der Waals surface area contributed by atoms with Gasteiger partial charge in [-0.25, -0.2) is 4.39 Å². The quantitative estimate of drug-likeness (QED) is 0.825. The molecular formula is C20H21FN2O3. The van der Waals surface area contributed by atoms with Crippen molar-refractivity contribution in [2.75, 3.05) is 22.9 Å². The minimum Gasteiger partial charge on any atom is -0.479 e. The zero-order valence-electron chi connectivity index (χ0n) is 14.8. The molecule has 1 heterocycles. The highest BCUT2D eigenvalue weighted by Gasteiger charge is 2.31. The van der Waals surface area contributed by atoms with Crippen LogP contribution >= 0.6 is 0 Å². The summed E-state index contributed by atoms with van der Waals surface area (Å²) in [6.45, 7) is 4.29. The van der Waals surface area contributed by atoms with Gasteiger partial charge in [-0.05, 0) is 50.2 Å². The number of amides is 2. The minimum atomic E-state index is -0.584. The maximum atomic E-state index is 13.1. The van der Waals surface area contributed by atoms with E-state index in [1.807, 2.05) is 25.1 Å². The lowest BCUT2D eigenvalue weighted by atomic mass is 10.1. The summed E-state index contributed by atoms with van der Waals surface area (Å²) in [5.41, 5.74) is 1.31. The third-order valence-corrected chi connectivity index (χ3v) is 4.38. The second kappa shape index (κ2) is 7.56. The first-order chi connectivity index (χ1) is 12.5. The Bertz CT molecular complexity index is 807. The number of carbonyl (C=O) groups is 2. The molecule has 0 saturated carbocycles. The Morgan fingerprint density at radius 1 is 1.19 bits per heavy atom. The summed E-state index contributed by atoms with van der Waals surface area (Å²) < 4.78 is 18.7. The number of para-hydroxylation sites is 2. The first-order valence-corrected chi connectivity index (χ1v) is 8.64. The number of rotatable bonds is 5. The molecule has 1 aliphatic rings. The van der Waals surface area contributed by atoms with E-state index in [-0.39, 0.29) is 30.6 Å². The maximum absolute atomic E-state index is 13.1. The van der Waals surface area contributed by atoms with Crippen LogP contribution in [0.15, 0.2) is 48.5 Å². The zero-order valence-corrected chi connectivity index (χ0v) is 14.8. The molecule has 2 aromatic rings. The van der Waals surface area contributed by atoms with Crippen LogP contribution in [0.2, 0.25) is 0 Å². The van der Waals surface area contributed by atoms with E-state index in [1.54, 1.807) is 34.9 Å². The van der Waals surface area contributed by atoms with Crippen LogP contribution in [0.25, 0.3) is 0 Å². The average Bonchev–Trinajstić information content (AvgIpc) is 2.64. The fourth-order valence-electron chi connectivity index (χ4n) is 3.06. The monoisotopic (exact) mass is 356 g/mol. The van der Waals surface area contributed by atoms with Crippen molar-refractivity contribution < 1.29 is 18.7 Å². The molecule has 0 bridgehead atoms. The number of halogens is 1. The molecule has 0 aliphatic carbocycles. The third kappa shape index (κ3) is 3.54. The van der Waals surface area contributed by atoms with Crippen LogP contribution in [-0.2, 0) is 9.59 Å². The number of hydrogen-bond acceptors (Lipinski definition) is 3. The number of fused-ring (bicyclic) bond motifs is 1. The summed E-state index contributed by atoms with van der Waals surface area (Å²) >= 11 is 0. The number of benzene rings is 2. The minimum absolute atomic E-state index is 0.122. The van der Waals surface area contributed by atoms with E-state index < -0.39 is 6.10 Å². The molecular weight excluding hydrogens is 335 g/mol. The predicted octanol–water partition coefficient (Wildman–Crippen LogP) is 3.38. The molecule has 2 aromatic carbocycles. The highest BCUT2D eigenvalue weighted by atomic mass is 19.1. The lowest BCUT2D eigenvalue weighted by Crippen LogP contribution is -2.46. The Labute approximate surface area is 152 Å². The number of ether oxygens (including phenoxy) is 1. The molecule has 3 rings (SSSR count). The summed E-state index contributed by atoms with van der Waals surface area (Å²) in [4.78, 5) is 28.3. The van der Waals surface area contributed by atoms with Gasteiger partial charge >= 0.3 is 0 Å². The molecule has 0 spiro atoms. The molecule has 1 aliphatic heterocycles. The van der Waals surface area contributed by atoms with Crippen LogP contribution in [0.5, 0.6) is 5.75 Å². The normalized spacial score (nSPS) is 16.0. The summed E-state index contributed by atoms with van der Waals surface area (Å²) in [5, 5.41) is 0. The maximum Gasteiger partial charge on any atom is 0.267 e. The summed E-state index contributed by atoms with van der Waals surface area (Å²) in [5.74, 6) is 0.00422. The van der Waals surface area contributed by atoms with E-state index in [4.69, 9.17) is 4.74 Å². The van der Waals surface area contributed by atoms with Gasteiger partial charge in [0.2, 0.25) is 5.91 Å². The van der Waals surface area contributed by atoms with Crippen LogP contribution in [0, 0.1) is 5.82 Å². The smallest absolute Gasteiger partial charge is 0.267 e. The van der Waals surface area contributed by atoms with Gasteiger partial charge in [-0.3, -0.25) is 9.59 Å². The van der Waals surface area contributed by atoms with Crippen LogP contribution in [0.3, 0.4) is 0 Å². The van der Waals surface area contributed by atoms with Crippen molar-refractivity contribution in [1.82, 2.24) is 0 Å². The molecule has 1 unspecified atom stereocenters. The largest absolute Gasteiger partial charge is 0.479 e. The zero-order chi connectivity index (χ0) is 18.7. The average molecular weight is 356 g/mol. The molecule has 1 atom stereocenters. The van der Waals surface area contributed by atoms with Gasteiger partial charge in [-0.1, -0.05) is 12.1 Å². The van der Waals surface area contributed by atoms with Crippen molar-refractivity contribution in [3.05, 3.63) is 54.3 Å². The van der Waals surface area contributed by atoms with Gasteiger partial charge in [0.05, 0.1) is 5.69 Å². The Hall–Kier alpha value is -2.89. The van der Waals surface area contributed by atoms with Crippen molar-refractivity contribution in [2.45, 2.75) is 26.4 Å². The Morgan fingerprint density at radius 2 is 1.88 bits per heavy atom. The topological polar surface area (TPSA) is 49.9 Å². The molecule has 2 amide bonds. The molecule has 0 radical (unpaired) electrons. The fraction of sp³-hybridized carbons (Fsp3) is 0.300. The van der Waals surface area contributed by atoms with E-state index in [0.717, 1.165) is 0 Å². The lowest BCUT2D eigenvalue weighted by molar-refractivity contribution is -0.125. The van der Waals surface area contributed by atoms with Crippen molar-refractivity contribution in [3.8, 4) is 5.75 Å². The third-order valence-electron chi connectivity index (χ3n) is 4.38. The first-order valence-electron chi connectivity index (χ1n) is 8.64. The number of hydrogen-bond donors (Lipinski definition) is 0. The molecule has 0 aromatic heterocycles. The molecule has 0 fully saturated rings. The van der Waals surface area contributed by atoms with E-state index in [9.17, 15) is 14.0 Å². The second-order valence-electron chi connectivity index (χ2n) is 6.08. The van der Waals surface area contributed by atoms with Crippen molar-refractivity contribution in [2.24, 2.45) is 0 Å². The summed E-state index contributed by atoms with van der Waals surface area (Å²) in [6.07, 6.45) is -0.419. The van der Waals surface area contributed by atoms with E-state index in [0.29, 0.717) is 23.7 Å². The van der Waals surface area contributed by atoms with E-state index >= 15 is 0 Å². The molecule has 136 valence electrons. The van der Waals surface area contributed by atoms with E-state index in [1.165, 1.54) is 12.1 Å². The fourth-order valence-corrected chi connectivity index (χ4v) is 3.06. The van der Waals surface area contributed by atoms with Crippen LogP contribution < -0.4 is 14.5 Å². The van der Waals surface area contributed by atoms with Crippen molar-refractivity contribution in [1.29, 1.82) is 0 Å². The number of nitrogens with zero attached hydrogens (tertiary/aromatic N) is 2. The Morgan fingerprint density at radius 3 is 2.58 bits per heavy atom. The number of anilines is 2. The Balaban J connectivity index is 1.74. The van der Waals surface area contributed by atoms with Gasteiger partial charge in [0.1, 0.15) is 11.6 Å². The van der Waals surface area contributed by atoms with E-state index in [2.05, 4.69) is 0 Å². The number of carbonyl (C=O) groups excluding carboxylic acids is 2. The summed E-state index contributed by atoms with van der Waals surface area (Å²) in [7, 11) is 0. The lowest BCUT2D eigenvalue weighted by Gasteiger charge is -2.33. The molecule has 0 saturated heterocycles. The SMILES string of the molecule is CCN(C(=O)CCN1C(=O)C(C)Oc2ccccc21)c1ccc(F)cc1. The van der Waals surface area contributed by atoms with Gasteiger partial charge in [0.15, 0.2) is 6.10 Å². The van der Waals surface area contributed by atoms with Gasteiger partial charge in [-0.15, -0.1) is 0 Å². The first kappa shape index (κ1) is 17.9. The van der Waals surface area contributed by atoms with Crippen molar-refractivity contribution in [3.63, 3.8) is 0 Å². The van der Waals surface area contributed by atoms with Gasteiger partial charge in [0, 0.05) is 25.2 Å². The second-order valence-corrected chi connectivity index (χ2v) is 6.08. The highest BCUT2D eigenvalue weighted by Crippen LogP contribution is 2.33. The highest BCUT2D eigenvalue weighted by molar-refractivity contribution is 6.01. The van der Waals surface area contributed by atoms with Crippen molar-refractivity contribution >= 4 is 23.2 Å². The van der Waals surface area contributed by atoms with Gasteiger partial charge < -0.3 is 14.5 Å². The van der Waals surface area contributed by atoms with Gasteiger partial charge in [0.25, 0.3) is 5.91 Å². The molecule has 6 heteroatoms.